The molecule has 0 radical (unpaired) electrons. The maximum absolute atomic E-state index is 9.90. The second kappa shape index (κ2) is 2.96. The van der Waals surface area contributed by atoms with E-state index in [1.165, 1.54) is 0 Å². The van der Waals surface area contributed by atoms with Crippen molar-refractivity contribution < 1.29 is 0 Å². The van der Waals surface area contributed by atoms with E-state index < -0.39 is 0 Å². The van der Waals surface area contributed by atoms with Crippen LogP contribution in [0.15, 0.2) is 10.2 Å². The topological polar surface area (TPSA) is 41.8 Å². The first-order chi connectivity index (χ1) is 4.33. The van der Waals surface area contributed by atoms with Crippen LogP contribution in [0.25, 0.3) is 0 Å². The van der Waals surface area contributed by atoms with Gasteiger partial charge in [0, 0.05) is 6.21 Å². The molecule has 0 saturated carbocycles. The van der Waals surface area contributed by atoms with Gasteiger partial charge in [0.25, 0.3) is 0 Å². The highest BCUT2D eigenvalue weighted by atomic mass is 32.1. The molecule has 0 spiro atoms. The lowest BCUT2D eigenvalue weighted by Crippen LogP contribution is -2.14. The van der Waals surface area contributed by atoms with E-state index in [4.69, 9.17) is 0 Å². The first-order valence-corrected chi connectivity index (χ1v) is 3.38. The highest BCUT2D eigenvalue weighted by Gasteiger charge is 2.13. The van der Waals surface area contributed by atoms with E-state index in [1.807, 2.05) is 0 Å². The zero-order valence-electron chi connectivity index (χ0n) is 4.90. The molecule has 0 aromatic heterocycles. The molecule has 3 nitrogen and oxygen atoms in total. The molecule has 2 unspecified atom stereocenters. The molecule has 2 atom stereocenters. The molecule has 0 bridgehead atoms. The Kier molecular flexibility index (Phi) is 2.22. The predicted octanol–water partition coefficient (Wildman–Crippen LogP) is 1.24. The number of hydrogen-bond donors (Lipinski definition) is 1. The molecule has 1 heterocycles. The first kappa shape index (κ1) is 6.74. The van der Waals surface area contributed by atoms with E-state index in [2.05, 4.69) is 22.8 Å². The van der Waals surface area contributed by atoms with Crippen LogP contribution in [0.4, 0.5) is 0 Å². The second-order valence-electron chi connectivity index (χ2n) is 2.03. The Balaban J connectivity index is 2.47. The Morgan fingerprint density at radius 3 is 2.89 bits per heavy atom. The van der Waals surface area contributed by atoms with E-state index in [0.717, 1.165) is 12.8 Å². The minimum atomic E-state index is -0.201. The summed E-state index contributed by atoms with van der Waals surface area (Å²) in [7, 11) is 0. The standard InChI is InChI=1S/C5H8N2OS/c8-7-4-1-2-5(9)6-3-4/h3-5,9H,1-2H2. The van der Waals surface area contributed by atoms with E-state index in [1.54, 1.807) is 6.21 Å². The molecule has 0 N–H and O–H groups in total. The van der Waals surface area contributed by atoms with Crippen LogP contribution < -0.4 is 0 Å². The van der Waals surface area contributed by atoms with Gasteiger partial charge in [0.15, 0.2) is 0 Å². The van der Waals surface area contributed by atoms with E-state index in [9.17, 15) is 4.91 Å². The van der Waals surface area contributed by atoms with Crippen molar-refractivity contribution in [2.24, 2.45) is 10.2 Å². The zero-order chi connectivity index (χ0) is 6.69. The van der Waals surface area contributed by atoms with Crippen molar-refractivity contribution in [2.75, 3.05) is 0 Å². The molecule has 50 valence electrons. The van der Waals surface area contributed by atoms with Crippen molar-refractivity contribution in [3.05, 3.63) is 4.91 Å². The van der Waals surface area contributed by atoms with Crippen LogP contribution in [0, 0.1) is 4.91 Å². The molecule has 0 saturated heterocycles. The number of rotatable bonds is 1. The average molecular weight is 144 g/mol. The number of nitrogens with zero attached hydrogens (tertiary/aromatic N) is 2. The summed E-state index contributed by atoms with van der Waals surface area (Å²) >= 11 is 4.10. The maximum Gasteiger partial charge on any atom is 0.127 e. The molecule has 0 aromatic rings. The third-order valence-electron chi connectivity index (χ3n) is 1.29. The molecule has 0 amide bonds. The molecule has 0 fully saturated rings. The fourth-order valence-electron chi connectivity index (χ4n) is 0.748. The van der Waals surface area contributed by atoms with Crippen LogP contribution in [0.2, 0.25) is 0 Å². The zero-order valence-corrected chi connectivity index (χ0v) is 5.79. The predicted molar refractivity (Wildman–Crippen MR) is 40.1 cm³/mol. The van der Waals surface area contributed by atoms with Crippen LogP contribution in [0.1, 0.15) is 12.8 Å². The number of nitroso groups, excluding NO2 is 1. The summed E-state index contributed by atoms with van der Waals surface area (Å²) in [4.78, 5) is 13.8. The van der Waals surface area contributed by atoms with Crippen molar-refractivity contribution in [1.29, 1.82) is 0 Å². The van der Waals surface area contributed by atoms with Crippen molar-refractivity contribution in [1.82, 2.24) is 0 Å². The van der Waals surface area contributed by atoms with Gasteiger partial charge in [0.1, 0.15) is 6.04 Å². The Hall–Kier alpha value is -0.380. The average Bonchev–Trinajstić information content (AvgIpc) is 1.90. The quantitative estimate of drug-likeness (QED) is 0.436. The van der Waals surface area contributed by atoms with Gasteiger partial charge in [-0.3, -0.25) is 4.99 Å². The van der Waals surface area contributed by atoms with Crippen molar-refractivity contribution >= 4 is 18.8 Å². The Morgan fingerprint density at radius 2 is 2.44 bits per heavy atom. The molecule has 4 heteroatoms. The molecule has 9 heavy (non-hydrogen) atoms. The van der Waals surface area contributed by atoms with Crippen molar-refractivity contribution in [3.8, 4) is 0 Å². The monoisotopic (exact) mass is 144 g/mol. The van der Waals surface area contributed by atoms with Gasteiger partial charge in [0.2, 0.25) is 0 Å². The molecule has 0 aromatic carbocycles. The molecule has 0 aliphatic carbocycles. The molecule has 1 rings (SSSR count). The summed E-state index contributed by atoms with van der Waals surface area (Å²) in [5.41, 5.74) is 0. The smallest absolute Gasteiger partial charge is 0.127 e. The summed E-state index contributed by atoms with van der Waals surface area (Å²) in [6.07, 6.45) is 3.23. The summed E-state index contributed by atoms with van der Waals surface area (Å²) in [5, 5.41) is 2.93. The lowest BCUT2D eigenvalue weighted by Gasteiger charge is -2.12. The van der Waals surface area contributed by atoms with Gasteiger partial charge in [-0.05, 0) is 12.8 Å². The van der Waals surface area contributed by atoms with Crippen LogP contribution in [0.3, 0.4) is 0 Å². The van der Waals surface area contributed by atoms with Gasteiger partial charge < -0.3 is 0 Å². The van der Waals surface area contributed by atoms with Crippen LogP contribution >= 0.6 is 12.6 Å². The second-order valence-corrected chi connectivity index (χ2v) is 2.62. The highest BCUT2D eigenvalue weighted by Crippen LogP contribution is 2.14. The minimum absolute atomic E-state index is 0.0861. The first-order valence-electron chi connectivity index (χ1n) is 2.87. The highest BCUT2D eigenvalue weighted by molar-refractivity contribution is 7.80. The summed E-state index contributed by atoms with van der Waals surface area (Å²) in [6.45, 7) is 0. The van der Waals surface area contributed by atoms with Gasteiger partial charge in [-0.25, -0.2) is 0 Å². The molecular weight excluding hydrogens is 136 g/mol. The van der Waals surface area contributed by atoms with Gasteiger partial charge in [-0.15, -0.1) is 0 Å². The number of hydrogen-bond acceptors (Lipinski definition) is 4. The van der Waals surface area contributed by atoms with Crippen LogP contribution in [-0.2, 0) is 0 Å². The van der Waals surface area contributed by atoms with Crippen molar-refractivity contribution in [2.45, 2.75) is 24.3 Å². The third kappa shape index (κ3) is 1.78. The summed E-state index contributed by atoms with van der Waals surface area (Å²) < 4.78 is 0. The van der Waals surface area contributed by atoms with Gasteiger partial charge in [-0.1, -0.05) is 5.18 Å². The maximum atomic E-state index is 9.90. The van der Waals surface area contributed by atoms with E-state index in [0.29, 0.717) is 0 Å². The normalized spacial score (nSPS) is 34.3. The van der Waals surface area contributed by atoms with Gasteiger partial charge in [-0.2, -0.15) is 17.5 Å². The van der Waals surface area contributed by atoms with Gasteiger partial charge >= 0.3 is 0 Å². The van der Waals surface area contributed by atoms with Crippen LogP contribution in [0.5, 0.6) is 0 Å². The lowest BCUT2D eigenvalue weighted by molar-refractivity contribution is 0.650. The van der Waals surface area contributed by atoms with Gasteiger partial charge in [0.05, 0.1) is 5.37 Å². The third-order valence-corrected chi connectivity index (χ3v) is 1.68. The largest absolute Gasteiger partial charge is 0.281 e. The fourth-order valence-corrected chi connectivity index (χ4v) is 0.974. The summed E-state index contributed by atoms with van der Waals surface area (Å²) in [5.74, 6) is 0. The molecule has 1 aliphatic heterocycles. The number of thiol groups is 1. The van der Waals surface area contributed by atoms with E-state index in [-0.39, 0.29) is 11.4 Å². The SMILES string of the molecule is O=NC1C=NC(S)CC1. The molecular formula is C5H8N2OS. The van der Waals surface area contributed by atoms with Crippen LogP contribution in [-0.4, -0.2) is 17.6 Å². The number of aliphatic imine (C=N–C) groups is 1. The molecule has 1 aliphatic rings. The van der Waals surface area contributed by atoms with E-state index >= 15 is 0 Å². The Morgan fingerprint density at radius 1 is 1.67 bits per heavy atom. The minimum Gasteiger partial charge on any atom is -0.281 e. The Labute approximate surface area is 58.9 Å². The Bertz CT molecular complexity index is 137. The summed E-state index contributed by atoms with van der Waals surface area (Å²) in [6, 6.07) is -0.201. The lowest BCUT2D eigenvalue weighted by atomic mass is 10.1. The fraction of sp³-hybridized carbons (Fsp3) is 0.800. The van der Waals surface area contributed by atoms with Crippen molar-refractivity contribution in [3.63, 3.8) is 0 Å².